The SMILES string of the molecule is COc1ccc(C(c2cccc(C)c2)N2CCC(C(=O)O)CC2)c(OC)c1OC. The molecule has 29 heavy (non-hydrogen) atoms. The second kappa shape index (κ2) is 9.18. The number of rotatable bonds is 7. The van der Waals surface area contributed by atoms with E-state index in [4.69, 9.17) is 14.2 Å². The molecule has 1 saturated heterocycles. The molecule has 1 aliphatic rings. The van der Waals surface area contributed by atoms with E-state index in [0.29, 0.717) is 43.2 Å². The van der Waals surface area contributed by atoms with Crippen LogP contribution < -0.4 is 14.2 Å². The number of nitrogens with zero attached hydrogens (tertiary/aromatic N) is 1. The van der Waals surface area contributed by atoms with Crippen LogP contribution in [-0.2, 0) is 4.79 Å². The molecule has 0 spiro atoms. The van der Waals surface area contributed by atoms with Gasteiger partial charge in [-0.15, -0.1) is 0 Å². The molecule has 0 amide bonds. The minimum Gasteiger partial charge on any atom is -0.493 e. The molecular formula is C23H29NO5. The summed E-state index contributed by atoms with van der Waals surface area (Å²) in [5.74, 6) is 0.821. The number of methoxy groups -OCH3 is 3. The molecule has 1 N–H and O–H groups in total. The van der Waals surface area contributed by atoms with Crippen molar-refractivity contribution in [1.82, 2.24) is 4.90 Å². The third-order valence-corrected chi connectivity index (χ3v) is 5.63. The summed E-state index contributed by atoms with van der Waals surface area (Å²) in [6.45, 7) is 3.48. The molecule has 0 bridgehead atoms. The summed E-state index contributed by atoms with van der Waals surface area (Å²) < 4.78 is 16.8. The molecule has 2 aromatic carbocycles. The van der Waals surface area contributed by atoms with Gasteiger partial charge in [0, 0.05) is 5.56 Å². The molecule has 0 aliphatic carbocycles. The zero-order valence-electron chi connectivity index (χ0n) is 17.5. The summed E-state index contributed by atoms with van der Waals surface area (Å²) in [6, 6.07) is 12.2. The van der Waals surface area contributed by atoms with Gasteiger partial charge in [-0.2, -0.15) is 0 Å². The summed E-state index contributed by atoms with van der Waals surface area (Å²) >= 11 is 0. The molecule has 1 fully saturated rings. The molecule has 6 heteroatoms. The summed E-state index contributed by atoms with van der Waals surface area (Å²) in [6.07, 6.45) is 1.26. The number of ether oxygens (including phenoxy) is 3. The number of piperidine rings is 1. The highest BCUT2D eigenvalue weighted by Gasteiger charge is 2.33. The number of carbonyl (C=O) groups is 1. The molecule has 3 rings (SSSR count). The molecule has 0 saturated carbocycles. The summed E-state index contributed by atoms with van der Waals surface area (Å²) in [7, 11) is 4.83. The molecule has 156 valence electrons. The lowest BCUT2D eigenvalue weighted by molar-refractivity contribution is -0.143. The normalized spacial score (nSPS) is 16.3. The molecule has 1 heterocycles. The predicted molar refractivity (Wildman–Crippen MR) is 111 cm³/mol. The van der Waals surface area contributed by atoms with Crippen molar-refractivity contribution in [3.8, 4) is 17.2 Å². The first-order chi connectivity index (χ1) is 14.0. The molecule has 0 radical (unpaired) electrons. The average Bonchev–Trinajstić information content (AvgIpc) is 2.73. The fourth-order valence-electron chi connectivity index (χ4n) is 4.17. The van der Waals surface area contributed by atoms with Gasteiger partial charge in [0.1, 0.15) is 0 Å². The fourth-order valence-corrected chi connectivity index (χ4v) is 4.17. The monoisotopic (exact) mass is 399 g/mol. The minimum absolute atomic E-state index is 0.0700. The van der Waals surface area contributed by atoms with Crippen LogP contribution in [0, 0.1) is 12.8 Å². The van der Waals surface area contributed by atoms with Gasteiger partial charge in [0.2, 0.25) is 5.75 Å². The summed E-state index contributed by atoms with van der Waals surface area (Å²) in [5.41, 5.74) is 3.29. The number of carboxylic acids is 1. The van der Waals surface area contributed by atoms with Gasteiger partial charge in [-0.1, -0.05) is 29.8 Å². The molecule has 1 unspecified atom stereocenters. The summed E-state index contributed by atoms with van der Waals surface area (Å²) in [5, 5.41) is 9.37. The quantitative estimate of drug-likeness (QED) is 0.761. The van der Waals surface area contributed by atoms with Crippen LogP contribution in [-0.4, -0.2) is 50.4 Å². The lowest BCUT2D eigenvalue weighted by Gasteiger charge is -2.38. The molecular weight excluding hydrogens is 370 g/mol. The fraction of sp³-hybridized carbons (Fsp3) is 0.435. The van der Waals surface area contributed by atoms with Gasteiger partial charge in [-0.25, -0.2) is 0 Å². The maximum Gasteiger partial charge on any atom is 0.306 e. The van der Waals surface area contributed by atoms with Gasteiger partial charge in [-0.05, 0) is 50.6 Å². The highest BCUT2D eigenvalue weighted by atomic mass is 16.5. The van der Waals surface area contributed by atoms with E-state index in [0.717, 1.165) is 11.1 Å². The Morgan fingerprint density at radius 3 is 2.28 bits per heavy atom. The van der Waals surface area contributed by atoms with Crippen molar-refractivity contribution in [3.63, 3.8) is 0 Å². The number of aliphatic carboxylic acids is 1. The van der Waals surface area contributed by atoms with Crippen molar-refractivity contribution in [2.45, 2.75) is 25.8 Å². The lowest BCUT2D eigenvalue weighted by Crippen LogP contribution is -2.39. The highest BCUT2D eigenvalue weighted by molar-refractivity contribution is 5.70. The van der Waals surface area contributed by atoms with Crippen molar-refractivity contribution in [2.24, 2.45) is 5.92 Å². The molecule has 2 aromatic rings. The largest absolute Gasteiger partial charge is 0.493 e. The Balaban J connectivity index is 2.08. The summed E-state index contributed by atoms with van der Waals surface area (Å²) in [4.78, 5) is 13.7. The Labute approximate surface area is 172 Å². The topological polar surface area (TPSA) is 68.2 Å². The van der Waals surface area contributed by atoms with Crippen molar-refractivity contribution < 1.29 is 24.1 Å². The number of carboxylic acid groups (broad SMARTS) is 1. The maximum atomic E-state index is 11.4. The zero-order valence-corrected chi connectivity index (χ0v) is 17.5. The third-order valence-electron chi connectivity index (χ3n) is 5.63. The number of likely N-dealkylation sites (tertiary alicyclic amines) is 1. The van der Waals surface area contributed by atoms with E-state index in [1.54, 1.807) is 21.3 Å². The smallest absolute Gasteiger partial charge is 0.306 e. The Hall–Kier alpha value is -2.73. The van der Waals surface area contributed by atoms with Crippen LogP contribution in [0.25, 0.3) is 0 Å². The molecule has 1 aliphatic heterocycles. The molecule has 6 nitrogen and oxygen atoms in total. The van der Waals surface area contributed by atoms with Crippen molar-refractivity contribution in [1.29, 1.82) is 0 Å². The Bertz CT molecular complexity index is 858. The van der Waals surface area contributed by atoms with Gasteiger partial charge in [0.15, 0.2) is 11.5 Å². The number of benzene rings is 2. The van der Waals surface area contributed by atoms with Gasteiger partial charge in [0.25, 0.3) is 0 Å². The maximum absolute atomic E-state index is 11.4. The number of hydrogen-bond acceptors (Lipinski definition) is 5. The van der Waals surface area contributed by atoms with Crippen molar-refractivity contribution in [3.05, 3.63) is 53.1 Å². The second-order valence-corrected chi connectivity index (χ2v) is 7.39. The van der Waals surface area contributed by atoms with Gasteiger partial charge >= 0.3 is 5.97 Å². The Kier molecular flexibility index (Phi) is 6.64. The first-order valence-corrected chi connectivity index (χ1v) is 9.82. The predicted octanol–water partition coefficient (Wildman–Crippen LogP) is 3.91. The van der Waals surface area contributed by atoms with E-state index in [2.05, 4.69) is 36.1 Å². The molecule has 0 aromatic heterocycles. The number of hydrogen-bond donors (Lipinski definition) is 1. The van der Waals surface area contributed by atoms with E-state index in [1.807, 2.05) is 12.1 Å². The highest BCUT2D eigenvalue weighted by Crippen LogP contribution is 2.45. The van der Waals surface area contributed by atoms with E-state index in [1.165, 1.54) is 5.56 Å². The van der Waals surface area contributed by atoms with Crippen molar-refractivity contribution >= 4 is 5.97 Å². The van der Waals surface area contributed by atoms with Crippen LogP contribution in [0.5, 0.6) is 17.2 Å². The lowest BCUT2D eigenvalue weighted by atomic mass is 9.90. The van der Waals surface area contributed by atoms with E-state index in [-0.39, 0.29) is 12.0 Å². The van der Waals surface area contributed by atoms with E-state index < -0.39 is 5.97 Å². The molecule has 1 atom stereocenters. The van der Waals surface area contributed by atoms with Crippen molar-refractivity contribution in [2.75, 3.05) is 34.4 Å². The third kappa shape index (κ3) is 4.32. The van der Waals surface area contributed by atoms with Crippen LogP contribution in [0.4, 0.5) is 0 Å². The van der Waals surface area contributed by atoms with Crippen LogP contribution in [0.3, 0.4) is 0 Å². The standard InChI is InChI=1S/C23H29NO5/c1-15-6-5-7-17(14-15)20(24-12-10-16(11-13-24)23(25)26)18-8-9-19(27-2)22(29-4)21(18)28-3/h5-9,14,16,20H,10-13H2,1-4H3,(H,25,26). The van der Waals surface area contributed by atoms with E-state index in [9.17, 15) is 9.90 Å². The van der Waals surface area contributed by atoms with E-state index >= 15 is 0 Å². The Morgan fingerprint density at radius 1 is 1.03 bits per heavy atom. The first-order valence-electron chi connectivity index (χ1n) is 9.82. The Morgan fingerprint density at radius 2 is 1.72 bits per heavy atom. The average molecular weight is 399 g/mol. The van der Waals surface area contributed by atoms with Crippen LogP contribution >= 0.6 is 0 Å². The van der Waals surface area contributed by atoms with Gasteiger partial charge < -0.3 is 19.3 Å². The first kappa shape index (κ1) is 21.0. The number of aryl methyl sites for hydroxylation is 1. The van der Waals surface area contributed by atoms with Gasteiger partial charge in [-0.3, -0.25) is 9.69 Å². The van der Waals surface area contributed by atoms with Gasteiger partial charge in [0.05, 0.1) is 33.3 Å². The van der Waals surface area contributed by atoms with Crippen LogP contribution in [0.15, 0.2) is 36.4 Å². The van der Waals surface area contributed by atoms with Crippen LogP contribution in [0.1, 0.15) is 35.6 Å². The second-order valence-electron chi connectivity index (χ2n) is 7.39. The zero-order chi connectivity index (χ0) is 21.0. The van der Waals surface area contributed by atoms with Crippen LogP contribution in [0.2, 0.25) is 0 Å². The minimum atomic E-state index is -0.708.